The number of fused-ring (bicyclic) bond motifs is 1. The number of amides is 1. The summed E-state index contributed by atoms with van der Waals surface area (Å²) in [5.74, 6) is 0.553. The molecular weight excluding hydrogens is 448 g/mol. The van der Waals surface area contributed by atoms with Gasteiger partial charge in [-0.2, -0.15) is 0 Å². The number of likely N-dealkylation sites (tertiary alicyclic amines) is 1. The number of nitrogens with one attached hydrogen (secondary N) is 3. The summed E-state index contributed by atoms with van der Waals surface area (Å²) in [6.45, 7) is 4.40. The van der Waals surface area contributed by atoms with Gasteiger partial charge in [0, 0.05) is 61.0 Å². The fraction of sp³-hybridized carbons (Fsp3) is 0.269. The predicted octanol–water partition coefficient (Wildman–Crippen LogP) is 5.31. The number of halogens is 1. The number of aromatic nitrogens is 3. The van der Waals surface area contributed by atoms with Crippen molar-refractivity contribution in [3.05, 3.63) is 71.5 Å². The summed E-state index contributed by atoms with van der Waals surface area (Å²) >= 11 is 6.47. The van der Waals surface area contributed by atoms with Crippen LogP contribution in [0.2, 0.25) is 5.02 Å². The zero-order valence-electron chi connectivity index (χ0n) is 19.0. The van der Waals surface area contributed by atoms with Crippen LogP contribution >= 0.6 is 11.6 Å². The summed E-state index contributed by atoms with van der Waals surface area (Å²) in [4.78, 5) is 26.1. The van der Waals surface area contributed by atoms with Crippen LogP contribution in [-0.4, -0.2) is 44.9 Å². The maximum atomic E-state index is 11.2. The van der Waals surface area contributed by atoms with E-state index in [-0.39, 0.29) is 5.91 Å². The van der Waals surface area contributed by atoms with Gasteiger partial charge in [-0.3, -0.25) is 9.69 Å². The molecule has 0 bridgehead atoms. The van der Waals surface area contributed by atoms with Crippen molar-refractivity contribution in [3.8, 4) is 11.3 Å². The number of hydrogen-bond acceptors (Lipinski definition) is 5. The van der Waals surface area contributed by atoms with E-state index >= 15 is 0 Å². The Bertz CT molecular complexity index is 1290. The van der Waals surface area contributed by atoms with E-state index < -0.39 is 0 Å². The predicted molar refractivity (Wildman–Crippen MR) is 137 cm³/mol. The van der Waals surface area contributed by atoms with E-state index in [9.17, 15) is 4.79 Å². The van der Waals surface area contributed by atoms with Crippen molar-refractivity contribution in [2.45, 2.75) is 32.4 Å². The molecule has 0 atom stereocenters. The van der Waals surface area contributed by atoms with E-state index in [4.69, 9.17) is 16.6 Å². The van der Waals surface area contributed by atoms with Gasteiger partial charge in [-0.1, -0.05) is 41.9 Å². The summed E-state index contributed by atoms with van der Waals surface area (Å²) in [5.41, 5.74) is 4.83. The van der Waals surface area contributed by atoms with Gasteiger partial charge in [0.2, 0.25) is 11.9 Å². The van der Waals surface area contributed by atoms with Gasteiger partial charge in [-0.15, -0.1) is 0 Å². The summed E-state index contributed by atoms with van der Waals surface area (Å²) in [6, 6.07) is 16.5. The second kappa shape index (κ2) is 9.83. The van der Waals surface area contributed by atoms with E-state index in [1.54, 1.807) is 6.20 Å². The van der Waals surface area contributed by atoms with Gasteiger partial charge in [0.1, 0.15) is 0 Å². The summed E-state index contributed by atoms with van der Waals surface area (Å²) < 4.78 is 0. The maximum Gasteiger partial charge on any atom is 0.223 e. The van der Waals surface area contributed by atoms with E-state index in [0.717, 1.165) is 60.3 Å². The molecule has 1 saturated heterocycles. The fourth-order valence-electron chi connectivity index (χ4n) is 4.47. The lowest BCUT2D eigenvalue weighted by Gasteiger charge is -2.32. The Morgan fingerprint density at radius 3 is 2.68 bits per heavy atom. The van der Waals surface area contributed by atoms with Crippen molar-refractivity contribution in [2.24, 2.45) is 0 Å². The fourth-order valence-corrected chi connectivity index (χ4v) is 4.66. The zero-order chi connectivity index (χ0) is 23.5. The first-order valence-electron chi connectivity index (χ1n) is 11.5. The number of aromatic amines is 1. The Hall–Kier alpha value is -3.42. The van der Waals surface area contributed by atoms with Gasteiger partial charge < -0.3 is 15.6 Å². The standard InChI is InChI=1S/C26H27ClN6O/c1-17(34)30-19-8-6-18(7-9-19)16-33-12-10-20(11-13-33)31-26-29-15-23(27)25(32-26)22-14-28-24-5-3-2-4-21(22)24/h2-9,14-15,20,28H,10-13,16H2,1H3,(H,30,34)(H,29,31,32). The van der Waals surface area contributed by atoms with E-state index in [2.05, 4.69) is 43.7 Å². The number of benzene rings is 2. The summed E-state index contributed by atoms with van der Waals surface area (Å²) in [7, 11) is 0. The van der Waals surface area contributed by atoms with Gasteiger partial charge in [0.15, 0.2) is 0 Å². The number of H-pyrrole nitrogens is 1. The number of rotatable bonds is 6. The molecular formula is C26H27ClN6O. The van der Waals surface area contributed by atoms with Crippen LogP contribution in [0.15, 0.2) is 60.9 Å². The van der Waals surface area contributed by atoms with Crippen LogP contribution < -0.4 is 10.6 Å². The maximum absolute atomic E-state index is 11.2. The number of carbonyl (C=O) groups excluding carboxylic acids is 1. The van der Waals surface area contributed by atoms with E-state index in [0.29, 0.717) is 17.0 Å². The Labute approximate surface area is 203 Å². The van der Waals surface area contributed by atoms with Crippen molar-refractivity contribution >= 4 is 40.0 Å². The van der Waals surface area contributed by atoms with Gasteiger partial charge in [0.05, 0.1) is 16.9 Å². The SMILES string of the molecule is CC(=O)Nc1ccc(CN2CCC(Nc3ncc(Cl)c(-c4c[nH]c5ccccc45)n3)CC2)cc1. The molecule has 0 saturated carbocycles. The Morgan fingerprint density at radius 2 is 1.91 bits per heavy atom. The normalized spacial score (nSPS) is 14.9. The quantitative estimate of drug-likeness (QED) is 0.352. The molecule has 2 aromatic carbocycles. The smallest absolute Gasteiger partial charge is 0.223 e. The Morgan fingerprint density at radius 1 is 1.15 bits per heavy atom. The molecule has 0 radical (unpaired) electrons. The number of piperidine rings is 1. The number of hydrogen-bond donors (Lipinski definition) is 3. The first-order chi connectivity index (χ1) is 16.5. The highest BCUT2D eigenvalue weighted by molar-refractivity contribution is 6.33. The minimum absolute atomic E-state index is 0.0550. The average molecular weight is 475 g/mol. The molecule has 0 unspecified atom stereocenters. The molecule has 8 heteroatoms. The third-order valence-corrected chi connectivity index (χ3v) is 6.47. The molecule has 1 fully saturated rings. The number of nitrogens with zero attached hydrogens (tertiary/aromatic N) is 3. The lowest BCUT2D eigenvalue weighted by Crippen LogP contribution is -2.39. The molecule has 2 aromatic heterocycles. The molecule has 3 heterocycles. The van der Waals surface area contributed by atoms with E-state index in [1.807, 2.05) is 36.5 Å². The minimum atomic E-state index is -0.0550. The molecule has 7 nitrogen and oxygen atoms in total. The highest BCUT2D eigenvalue weighted by Gasteiger charge is 2.21. The third kappa shape index (κ3) is 5.05. The number of para-hydroxylation sites is 1. The van der Waals surface area contributed by atoms with Crippen LogP contribution in [0.1, 0.15) is 25.3 Å². The van der Waals surface area contributed by atoms with Crippen LogP contribution in [0.25, 0.3) is 22.2 Å². The second-order valence-electron chi connectivity index (χ2n) is 8.71. The zero-order valence-corrected chi connectivity index (χ0v) is 19.8. The largest absolute Gasteiger partial charge is 0.360 e. The molecule has 5 rings (SSSR count). The first-order valence-corrected chi connectivity index (χ1v) is 11.9. The summed E-state index contributed by atoms with van der Waals surface area (Å²) in [5, 5.41) is 7.94. The number of carbonyl (C=O) groups is 1. The van der Waals surface area contributed by atoms with Crippen LogP contribution in [0.5, 0.6) is 0 Å². The van der Waals surface area contributed by atoms with Crippen molar-refractivity contribution in [3.63, 3.8) is 0 Å². The van der Waals surface area contributed by atoms with Crippen molar-refractivity contribution in [1.82, 2.24) is 19.9 Å². The van der Waals surface area contributed by atoms with Crippen molar-refractivity contribution < 1.29 is 4.79 Å². The van der Waals surface area contributed by atoms with Crippen LogP contribution in [-0.2, 0) is 11.3 Å². The molecule has 3 N–H and O–H groups in total. The van der Waals surface area contributed by atoms with Gasteiger partial charge in [0.25, 0.3) is 0 Å². The molecule has 1 amide bonds. The molecule has 34 heavy (non-hydrogen) atoms. The molecule has 4 aromatic rings. The second-order valence-corrected chi connectivity index (χ2v) is 9.12. The molecule has 174 valence electrons. The topological polar surface area (TPSA) is 85.9 Å². The third-order valence-electron chi connectivity index (χ3n) is 6.19. The van der Waals surface area contributed by atoms with Crippen LogP contribution in [0.4, 0.5) is 11.6 Å². The Balaban J connectivity index is 1.20. The monoisotopic (exact) mass is 474 g/mol. The van der Waals surface area contributed by atoms with Gasteiger partial charge in [-0.25, -0.2) is 9.97 Å². The van der Waals surface area contributed by atoms with Gasteiger partial charge in [-0.05, 0) is 36.6 Å². The lowest BCUT2D eigenvalue weighted by molar-refractivity contribution is -0.114. The average Bonchev–Trinajstić information content (AvgIpc) is 3.26. The molecule has 1 aliphatic rings. The highest BCUT2D eigenvalue weighted by Crippen LogP contribution is 2.32. The molecule has 1 aliphatic heterocycles. The van der Waals surface area contributed by atoms with Crippen molar-refractivity contribution in [1.29, 1.82) is 0 Å². The van der Waals surface area contributed by atoms with Crippen LogP contribution in [0.3, 0.4) is 0 Å². The van der Waals surface area contributed by atoms with Gasteiger partial charge >= 0.3 is 0 Å². The highest BCUT2D eigenvalue weighted by atomic mass is 35.5. The summed E-state index contributed by atoms with van der Waals surface area (Å²) in [6.07, 6.45) is 5.65. The number of anilines is 2. The van der Waals surface area contributed by atoms with Crippen molar-refractivity contribution in [2.75, 3.05) is 23.7 Å². The molecule has 0 aliphatic carbocycles. The van der Waals surface area contributed by atoms with E-state index in [1.165, 1.54) is 12.5 Å². The van der Waals surface area contributed by atoms with Crippen LogP contribution in [0, 0.1) is 0 Å². The molecule has 0 spiro atoms. The first kappa shape index (κ1) is 22.4. The Kier molecular flexibility index (Phi) is 6.47. The lowest BCUT2D eigenvalue weighted by atomic mass is 10.0. The minimum Gasteiger partial charge on any atom is -0.360 e.